The third-order valence-corrected chi connectivity index (χ3v) is 4.84. The van der Waals surface area contributed by atoms with Gasteiger partial charge in [-0.25, -0.2) is 9.48 Å². The average molecular weight is 395 g/mol. The first-order valence-corrected chi connectivity index (χ1v) is 9.27. The minimum Gasteiger partial charge on any atom is -0.463 e. The summed E-state index contributed by atoms with van der Waals surface area (Å²) in [5, 5.41) is 8.59. The average Bonchev–Trinajstić information content (AvgIpc) is 2.96. The molecule has 1 N–H and O–H groups in total. The molecule has 1 aromatic carbocycles. The summed E-state index contributed by atoms with van der Waals surface area (Å²) in [5.74, 6) is 0.826. The van der Waals surface area contributed by atoms with Gasteiger partial charge in [0.05, 0.1) is 22.2 Å². The van der Waals surface area contributed by atoms with Gasteiger partial charge in [0.25, 0.3) is 0 Å². The molecule has 0 radical (unpaired) electrons. The largest absolute Gasteiger partial charge is 0.463 e. The Morgan fingerprint density at radius 1 is 1.31 bits per heavy atom. The van der Waals surface area contributed by atoms with Crippen LogP contribution in [-0.4, -0.2) is 27.3 Å². The quantitative estimate of drug-likeness (QED) is 0.754. The Labute approximate surface area is 162 Å². The Morgan fingerprint density at radius 2 is 2.08 bits per heavy atom. The first kappa shape index (κ1) is 18.7. The molecule has 0 saturated carbocycles. The van der Waals surface area contributed by atoms with Gasteiger partial charge in [0, 0.05) is 5.70 Å². The molecule has 1 aromatic heterocycles. The number of carbonyl (C=O) groups is 1. The summed E-state index contributed by atoms with van der Waals surface area (Å²) in [6.07, 6.45) is 1.56. The fourth-order valence-corrected chi connectivity index (χ4v) is 3.37. The molecule has 138 valence electrons. The molecular weight excluding hydrogens is 375 g/mol. The highest BCUT2D eigenvalue weighted by Crippen LogP contribution is 2.38. The Balaban J connectivity index is 2.21. The van der Waals surface area contributed by atoms with Gasteiger partial charge in [-0.2, -0.15) is 10.1 Å². The number of ether oxygens (including phenoxy) is 1. The number of carbonyl (C=O) groups excluding carboxylic acids is 1. The van der Waals surface area contributed by atoms with Crippen molar-refractivity contribution in [3.8, 4) is 0 Å². The van der Waals surface area contributed by atoms with E-state index in [1.807, 2.05) is 13.0 Å². The lowest BCUT2D eigenvalue weighted by Crippen LogP contribution is -2.30. The number of aryl methyl sites for hydroxylation is 1. The van der Waals surface area contributed by atoms with Crippen LogP contribution in [0.1, 0.15) is 44.1 Å². The number of rotatable bonds is 5. The van der Waals surface area contributed by atoms with Gasteiger partial charge in [0.2, 0.25) is 5.95 Å². The van der Waals surface area contributed by atoms with Crippen molar-refractivity contribution in [1.29, 1.82) is 0 Å². The lowest BCUT2D eigenvalue weighted by Gasteiger charge is -2.29. The first-order valence-electron chi connectivity index (χ1n) is 8.51. The molecule has 0 fully saturated rings. The molecular formula is C18H20Cl2N4O2. The van der Waals surface area contributed by atoms with Gasteiger partial charge >= 0.3 is 5.97 Å². The van der Waals surface area contributed by atoms with Crippen LogP contribution in [0.2, 0.25) is 10.0 Å². The van der Waals surface area contributed by atoms with E-state index in [1.165, 1.54) is 0 Å². The number of allylic oxidation sites excluding steroid dienone is 1. The van der Waals surface area contributed by atoms with Crippen molar-refractivity contribution in [2.75, 3.05) is 11.9 Å². The van der Waals surface area contributed by atoms with Crippen LogP contribution in [-0.2, 0) is 9.53 Å². The van der Waals surface area contributed by atoms with Crippen molar-refractivity contribution in [3.63, 3.8) is 0 Å². The van der Waals surface area contributed by atoms with E-state index >= 15 is 0 Å². The number of anilines is 1. The zero-order valence-corrected chi connectivity index (χ0v) is 16.4. The van der Waals surface area contributed by atoms with Crippen LogP contribution in [0.4, 0.5) is 5.95 Å². The van der Waals surface area contributed by atoms with E-state index in [2.05, 4.69) is 22.3 Å². The fraction of sp³-hybridized carbons (Fsp3) is 0.389. The van der Waals surface area contributed by atoms with Gasteiger partial charge in [-0.15, -0.1) is 0 Å². The Morgan fingerprint density at radius 3 is 2.73 bits per heavy atom. The van der Waals surface area contributed by atoms with Crippen LogP contribution in [0.5, 0.6) is 0 Å². The topological polar surface area (TPSA) is 69.0 Å². The second kappa shape index (κ2) is 7.68. The normalized spacial score (nSPS) is 16.3. The van der Waals surface area contributed by atoms with Gasteiger partial charge in [0.1, 0.15) is 11.9 Å². The van der Waals surface area contributed by atoms with E-state index in [9.17, 15) is 4.79 Å². The SMILES string of the molecule is CCCC1=C(C(=O)OCC)[C@@H](c2ccc(Cl)c(Cl)c2)n2nc(C)nc2N1. The highest BCUT2D eigenvalue weighted by Gasteiger charge is 2.36. The summed E-state index contributed by atoms with van der Waals surface area (Å²) in [6, 6.07) is 4.83. The molecule has 3 rings (SSSR count). The first-order chi connectivity index (χ1) is 12.5. The highest BCUT2D eigenvalue weighted by atomic mass is 35.5. The molecule has 0 amide bonds. The molecule has 6 nitrogen and oxygen atoms in total. The predicted octanol–water partition coefficient (Wildman–Crippen LogP) is 4.53. The molecule has 0 aliphatic carbocycles. The maximum Gasteiger partial charge on any atom is 0.338 e. The fourth-order valence-electron chi connectivity index (χ4n) is 3.07. The molecule has 8 heteroatoms. The maximum absolute atomic E-state index is 12.8. The lowest BCUT2D eigenvalue weighted by molar-refractivity contribution is -0.139. The number of nitrogens with one attached hydrogen (secondary N) is 1. The molecule has 26 heavy (non-hydrogen) atoms. The van der Waals surface area contributed by atoms with E-state index in [0.29, 0.717) is 40.4 Å². The summed E-state index contributed by atoms with van der Waals surface area (Å²) in [6.45, 7) is 5.94. The summed E-state index contributed by atoms with van der Waals surface area (Å²) in [7, 11) is 0. The summed E-state index contributed by atoms with van der Waals surface area (Å²) in [4.78, 5) is 17.2. The number of fused-ring (bicyclic) bond motifs is 1. The van der Waals surface area contributed by atoms with Crippen LogP contribution in [0.3, 0.4) is 0 Å². The smallest absolute Gasteiger partial charge is 0.338 e. The molecule has 1 aliphatic heterocycles. The lowest BCUT2D eigenvalue weighted by atomic mass is 9.94. The molecule has 0 bridgehead atoms. The molecule has 1 aliphatic rings. The zero-order valence-electron chi connectivity index (χ0n) is 14.8. The second-order valence-corrected chi connectivity index (χ2v) is 6.81. The predicted molar refractivity (Wildman–Crippen MR) is 102 cm³/mol. The van der Waals surface area contributed by atoms with Crippen molar-refractivity contribution < 1.29 is 9.53 Å². The van der Waals surface area contributed by atoms with Gasteiger partial charge in [0.15, 0.2) is 0 Å². The monoisotopic (exact) mass is 394 g/mol. The summed E-state index contributed by atoms with van der Waals surface area (Å²) >= 11 is 12.3. The number of halogens is 2. The molecule has 2 aromatic rings. The zero-order chi connectivity index (χ0) is 18.8. The number of esters is 1. The van der Waals surface area contributed by atoms with Crippen molar-refractivity contribution in [1.82, 2.24) is 14.8 Å². The van der Waals surface area contributed by atoms with E-state index < -0.39 is 6.04 Å². The Kier molecular flexibility index (Phi) is 5.53. The van der Waals surface area contributed by atoms with Gasteiger partial charge in [-0.3, -0.25) is 0 Å². The standard InChI is InChI=1S/C18H20Cl2N4O2/c1-4-6-14-15(17(25)26-5-2)16(11-7-8-12(19)13(20)9-11)24-18(22-14)21-10(3)23-24/h7-9,16H,4-6H2,1-3H3,(H,21,22,23)/t16-/m1/s1. The number of aromatic nitrogens is 3. The van der Waals surface area contributed by atoms with Crippen LogP contribution in [0, 0.1) is 6.92 Å². The molecule has 0 unspecified atom stereocenters. The van der Waals surface area contributed by atoms with Crippen molar-refractivity contribution in [3.05, 3.63) is 50.9 Å². The summed E-state index contributed by atoms with van der Waals surface area (Å²) in [5.41, 5.74) is 2.11. The van der Waals surface area contributed by atoms with Crippen molar-refractivity contribution in [2.24, 2.45) is 0 Å². The maximum atomic E-state index is 12.8. The van der Waals surface area contributed by atoms with E-state index in [0.717, 1.165) is 17.7 Å². The molecule has 1 atom stereocenters. The number of hydrogen-bond donors (Lipinski definition) is 1. The minimum absolute atomic E-state index is 0.291. The van der Waals surface area contributed by atoms with Crippen molar-refractivity contribution in [2.45, 2.75) is 39.7 Å². The van der Waals surface area contributed by atoms with Crippen LogP contribution >= 0.6 is 23.2 Å². The highest BCUT2D eigenvalue weighted by molar-refractivity contribution is 6.42. The van der Waals surface area contributed by atoms with Gasteiger partial charge in [-0.05, 0) is 38.0 Å². The van der Waals surface area contributed by atoms with Gasteiger partial charge < -0.3 is 10.1 Å². The van der Waals surface area contributed by atoms with Gasteiger partial charge in [-0.1, -0.05) is 42.6 Å². The molecule has 0 spiro atoms. The van der Waals surface area contributed by atoms with E-state index in [1.54, 1.807) is 23.7 Å². The molecule has 2 heterocycles. The van der Waals surface area contributed by atoms with E-state index in [-0.39, 0.29) is 5.97 Å². The second-order valence-electron chi connectivity index (χ2n) is 5.99. The van der Waals surface area contributed by atoms with Crippen LogP contribution in [0.15, 0.2) is 29.5 Å². The summed E-state index contributed by atoms with van der Waals surface area (Å²) < 4.78 is 7.02. The third kappa shape index (κ3) is 3.44. The third-order valence-electron chi connectivity index (χ3n) is 4.10. The number of hydrogen-bond acceptors (Lipinski definition) is 5. The minimum atomic E-state index is -0.484. The van der Waals surface area contributed by atoms with Crippen molar-refractivity contribution >= 4 is 35.1 Å². The Bertz CT molecular complexity index is 876. The Hall–Kier alpha value is -2.05. The van der Waals surface area contributed by atoms with Crippen LogP contribution < -0.4 is 5.32 Å². The number of benzene rings is 1. The molecule has 0 saturated heterocycles. The van der Waals surface area contributed by atoms with E-state index in [4.69, 9.17) is 27.9 Å². The number of nitrogens with zero attached hydrogens (tertiary/aromatic N) is 3. The van der Waals surface area contributed by atoms with Crippen LogP contribution in [0.25, 0.3) is 0 Å².